The average Bonchev–Trinajstić information content (AvgIpc) is 3.15. The molecule has 300 valence electrons. The van der Waals surface area contributed by atoms with Gasteiger partial charge in [-0.15, -0.1) is 0 Å². The molecule has 0 unspecified atom stereocenters. The molecule has 2 saturated carbocycles. The van der Waals surface area contributed by atoms with Crippen molar-refractivity contribution in [3.05, 3.63) is 58.6 Å². The van der Waals surface area contributed by atoms with Crippen LogP contribution in [0.1, 0.15) is 97.8 Å². The number of nitrogens with one attached hydrogen (secondary N) is 4. The fourth-order valence-electron chi connectivity index (χ4n) is 7.20. The zero-order chi connectivity index (χ0) is 40.2. The minimum atomic E-state index is -0.960. The van der Waals surface area contributed by atoms with Crippen LogP contribution in [0.15, 0.2) is 48.5 Å². The molecule has 0 bridgehead atoms. The number of nitrogens with zero attached hydrogens (tertiary/aromatic N) is 2. The molecule has 2 amide bonds. The first-order valence-corrected chi connectivity index (χ1v) is 20.2. The van der Waals surface area contributed by atoms with E-state index < -0.39 is 11.6 Å². The van der Waals surface area contributed by atoms with Crippen molar-refractivity contribution in [3.8, 4) is 0 Å². The number of carboxylic acids is 1. The van der Waals surface area contributed by atoms with Crippen molar-refractivity contribution in [1.82, 2.24) is 9.97 Å². The van der Waals surface area contributed by atoms with Gasteiger partial charge in [-0.3, -0.25) is 19.2 Å². The number of benzene rings is 2. The van der Waals surface area contributed by atoms with E-state index in [0.29, 0.717) is 68.8 Å². The standard InChI is InChI=1S/C23H30ClN3O3.C19H22ClN3O3/c1-23(2,3)30-21(29)14-25-19-12-9-16-18(26-19)11-10-17(24)22(16)27-20(28)13-15-7-5-4-6-8-15;20-14-7-8-15-13(6-9-16(22-15)21-11-18(25)26)19(14)23-17(24)10-12-4-2-1-3-5-12/h9-12,15H,4-8,13-14H2,1-3H3,(H,25,26)(H,27,28);6-9,12H,1-5,10-11H2,(H,21,22)(H,23,24)(H,25,26). The van der Waals surface area contributed by atoms with Gasteiger partial charge in [0.25, 0.3) is 0 Å². The number of hydrogen-bond donors (Lipinski definition) is 5. The second-order valence-electron chi connectivity index (χ2n) is 15.6. The molecular weight excluding hydrogens is 755 g/mol. The summed E-state index contributed by atoms with van der Waals surface area (Å²) < 4.78 is 5.29. The van der Waals surface area contributed by atoms with E-state index in [4.69, 9.17) is 33.0 Å². The van der Waals surface area contributed by atoms with E-state index in [1.54, 1.807) is 42.5 Å². The van der Waals surface area contributed by atoms with Gasteiger partial charge in [-0.1, -0.05) is 61.7 Å². The highest BCUT2D eigenvalue weighted by atomic mass is 35.5. The maximum atomic E-state index is 12.6. The first kappa shape index (κ1) is 42.5. The minimum Gasteiger partial charge on any atom is -0.480 e. The maximum Gasteiger partial charge on any atom is 0.325 e. The summed E-state index contributed by atoms with van der Waals surface area (Å²) in [5.74, 6) is 0.561. The number of aromatic nitrogens is 2. The Bertz CT molecular complexity index is 2020. The zero-order valence-electron chi connectivity index (χ0n) is 32.3. The Kier molecular flexibility index (Phi) is 15.1. The Labute approximate surface area is 337 Å². The predicted octanol–water partition coefficient (Wildman–Crippen LogP) is 9.84. The van der Waals surface area contributed by atoms with Gasteiger partial charge in [0.2, 0.25) is 11.8 Å². The van der Waals surface area contributed by atoms with Crippen LogP contribution >= 0.6 is 23.2 Å². The van der Waals surface area contributed by atoms with E-state index in [2.05, 4.69) is 31.2 Å². The van der Waals surface area contributed by atoms with Gasteiger partial charge in [-0.05, 0) is 107 Å². The number of amides is 2. The number of rotatable bonds is 12. The van der Waals surface area contributed by atoms with Gasteiger partial charge >= 0.3 is 11.9 Å². The molecule has 2 aliphatic carbocycles. The van der Waals surface area contributed by atoms with E-state index >= 15 is 0 Å². The molecule has 0 radical (unpaired) electrons. The van der Waals surface area contributed by atoms with E-state index in [9.17, 15) is 19.2 Å². The average molecular weight is 808 g/mol. The van der Waals surface area contributed by atoms with Crippen LogP contribution in [-0.2, 0) is 23.9 Å². The van der Waals surface area contributed by atoms with Crippen LogP contribution in [0.3, 0.4) is 0 Å². The van der Waals surface area contributed by atoms with Crippen molar-refractivity contribution in [3.63, 3.8) is 0 Å². The molecule has 56 heavy (non-hydrogen) atoms. The summed E-state index contributed by atoms with van der Waals surface area (Å²) >= 11 is 12.7. The number of hydrogen-bond acceptors (Lipinski definition) is 9. The number of carboxylic acid groups (broad SMARTS) is 1. The van der Waals surface area contributed by atoms with Crippen LogP contribution in [0.25, 0.3) is 21.8 Å². The normalized spacial score (nSPS) is 15.0. The van der Waals surface area contributed by atoms with Crippen LogP contribution in [0.4, 0.5) is 23.0 Å². The van der Waals surface area contributed by atoms with Crippen molar-refractivity contribution >= 4 is 91.8 Å². The molecule has 2 aromatic carbocycles. The third-order valence-electron chi connectivity index (χ3n) is 9.82. The monoisotopic (exact) mass is 806 g/mol. The molecule has 0 atom stereocenters. The predicted molar refractivity (Wildman–Crippen MR) is 224 cm³/mol. The van der Waals surface area contributed by atoms with Crippen LogP contribution in [0.2, 0.25) is 10.0 Å². The molecule has 4 aromatic rings. The van der Waals surface area contributed by atoms with Crippen molar-refractivity contribution in [1.29, 1.82) is 0 Å². The molecule has 0 saturated heterocycles. The number of pyridine rings is 2. The number of aliphatic carboxylic acids is 1. The summed E-state index contributed by atoms with van der Waals surface area (Å²) in [5, 5.41) is 22.8. The number of ether oxygens (including phenoxy) is 1. The summed E-state index contributed by atoms with van der Waals surface area (Å²) in [6.07, 6.45) is 12.8. The highest BCUT2D eigenvalue weighted by Crippen LogP contribution is 2.34. The summed E-state index contributed by atoms with van der Waals surface area (Å²) in [7, 11) is 0. The van der Waals surface area contributed by atoms with E-state index in [-0.39, 0.29) is 30.9 Å². The van der Waals surface area contributed by atoms with Gasteiger partial charge in [0.15, 0.2) is 0 Å². The number of halogens is 2. The molecule has 14 heteroatoms. The summed E-state index contributed by atoms with van der Waals surface area (Å²) in [5.41, 5.74) is 1.93. The maximum absolute atomic E-state index is 12.6. The van der Waals surface area contributed by atoms with Gasteiger partial charge in [0, 0.05) is 23.6 Å². The second-order valence-corrected chi connectivity index (χ2v) is 16.4. The molecule has 6 rings (SSSR count). The fraction of sp³-hybridized carbons (Fsp3) is 0.476. The molecule has 2 fully saturated rings. The van der Waals surface area contributed by atoms with Crippen molar-refractivity contribution < 1.29 is 29.0 Å². The lowest BCUT2D eigenvalue weighted by atomic mass is 9.87. The van der Waals surface area contributed by atoms with Crippen molar-refractivity contribution in [2.45, 2.75) is 103 Å². The molecule has 2 aromatic heterocycles. The van der Waals surface area contributed by atoms with Crippen LogP contribution in [0.5, 0.6) is 0 Å². The van der Waals surface area contributed by atoms with Gasteiger partial charge in [-0.25, -0.2) is 9.97 Å². The van der Waals surface area contributed by atoms with Gasteiger partial charge in [0.05, 0.1) is 32.5 Å². The number of carbonyl (C=O) groups is 4. The largest absolute Gasteiger partial charge is 0.480 e. The summed E-state index contributed by atoms with van der Waals surface area (Å²) in [4.78, 5) is 56.5. The second kappa shape index (κ2) is 20.0. The fourth-order valence-corrected chi connectivity index (χ4v) is 7.62. The molecular formula is C42H52Cl2N6O6. The zero-order valence-corrected chi connectivity index (χ0v) is 33.8. The molecule has 2 heterocycles. The Morgan fingerprint density at radius 3 is 1.50 bits per heavy atom. The topological polar surface area (TPSA) is 172 Å². The highest BCUT2D eigenvalue weighted by Gasteiger charge is 2.21. The number of fused-ring (bicyclic) bond motifs is 2. The first-order chi connectivity index (χ1) is 26.7. The lowest BCUT2D eigenvalue weighted by molar-refractivity contribution is -0.152. The Balaban J connectivity index is 0.000000216. The van der Waals surface area contributed by atoms with E-state index in [0.717, 1.165) is 36.5 Å². The van der Waals surface area contributed by atoms with Crippen LogP contribution < -0.4 is 21.3 Å². The highest BCUT2D eigenvalue weighted by molar-refractivity contribution is 6.36. The van der Waals surface area contributed by atoms with Gasteiger partial charge in [0.1, 0.15) is 30.3 Å². The van der Waals surface area contributed by atoms with Crippen molar-refractivity contribution in [2.24, 2.45) is 11.8 Å². The van der Waals surface area contributed by atoms with E-state index in [1.165, 1.54) is 38.5 Å². The SMILES string of the molecule is CC(C)(C)OC(=O)CNc1ccc2c(NC(=O)CC3CCCCC3)c(Cl)ccc2n1.O=C(O)CNc1ccc2c(NC(=O)CC3CCCCC3)c(Cl)ccc2n1. The van der Waals surface area contributed by atoms with Crippen LogP contribution in [0, 0.1) is 11.8 Å². The van der Waals surface area contributed by atoms with E-state index in [1.807, 2.05) is 26.8 Å². The lowest BCUT2D eigenvalue weighted by Crippen LogP contribution is -2.28. The smallest absolute Gasteiger partial charge is 0.325 e. The molecule has 12 nitrogen and oxygen atoms in total. The third kappa shape index (κ3) is 12.9. The minimum absolute atomic E-state index is 0.0107. The number of anilines is 4. The van der Waals surface area contributed by atoms with Crippen LogP contribution in [-0.4, -0.2) is 57.5 Å². The summed E-state index contributed by atoms with van der Waals surface area (Å²) in [6.45, 7) is 5.29. The molecule has 0 aliphatic heterocycles. The summed E-state index contributed by atoms with van der Waals surface area (Å²) in [6, 6.07) is 14.0. The Morgan fingerprint density at radius 1 is 0.661 bits per heavy atom. The number of esters is 1. The number of carbonyl (C=O) groups excluding carboxylic acids is 3. The molecule has 0 spiro atoms. The first-order valence-electron chi connectivity index (χ1n) is 19.4. The van der Waals surface area contributed by atoms with Gasteiger partial charge < -0.3 is 31.1 Å². The third-order valence-corrected chi connectivity index (χ3v) is 10.5. The Hall–Kier alpha value is -4.68. The molecule has 5 N–H and O–H groups in total. The molecule has 2 aliphatic rings. The Morgan fingerprint density at radius 2 is 1.09 bits per heavy atom. The van der Waals surface area contributed by atoms with Gasteiger partial charge in [-0.2, -0.15) is 0 Å². The lowest BCUT2D eigenvalue weighted by Gasteiger charge is -2.21. The quantitative estimate of drug-likeness (QED) is 0.0868. The van der Waals surface area contributed by atoms with Crippen molar-refractivity contribution in [2.75, 3.05) is 34.4 Å².